The van der Waals surface area contributed by atoms with E-state index >= 15 is 0 Å². The predicted molar refractivity (Wildman–Crippen MR) is 103 cm³/mol. The maximum absolute atomic E-state index is 9.46. The SMILES string of the molecule is CC/C(=N\n1c(-c2ccc(Cl)cc2Cl)n[nH]c1=S)c1ccc(O)cc1. The smallest absolute Gasteiger partial charge is 0.216 e. The number of nitrogens with zero attached hydrogens (tertiary/aromatic N) is 3. The van der Waals surface area contributed by atoms with Gasteiger partial charge in [0.1, 0.15) is 5.75 Å². The number of hydrogen-bond donors (Lipinski definition) is 2. The van der Waals surface area contributed by atoms with E-state index in [0.717, 1.165) is 11.3 Å². The standard InChI is InChI=1S/C17H14Cl2N4OS/c1-2-15(10-3-6-12(24)7-4-10)22-23-16(20-21-17(23)25)13-8-5-11(18)9-14(13)19/h3-9,24H,2H2,1H3,(H,21,25)/b22-15+. The Balaban J connectivity index is 2.12. The minimum atomic E-state index is 0.202. The van der Waals surface area contributed by atoms with Crippen LogP contribution in [0.4, 0.5) is 0 Å². The molecular weight excluding hydrogens is 379 g/mol. The number of aromatic hydroxyl groups is 1. The predicted octanol–water partition coefficient (Wildman–Crippen LogP) is 5.28. The zero-order valence-corrected chi connectivity index (χ0v) is 15.5. The van der Waals surface area contributed by atoms with Crippen molar-refractivity contribution >= 4 is 41.1 Å². The molecule has 0 spiro atoms. The lowest BCUT2D eigenvalue weighted by Crippen LogP contribution is -2.04. The third-order valence-corrected chi connectivity index (χ3v) is 4.39. The fraction of sp³-hybridized carbons (Fsp3) is 0.118. The maximum atomic E-state index is 9.46. The first-order valence-corrected chi connectivity index (χ1v) is 8.66. The zero-order valence-electron chi connectivity index (χ0n) is 13.2. The quantitative estimate of drug-likeness (QED) is 0.468. The lowest BCUT2D eigenvalue weighted by atomic mass is 10.1. The van der Waals surface area contributed by atoms with Gasteiger partial charge in [0.2, 0.25) is 4.77 Å². The van der Waals surface area contributed by atoms with Crippen LogP contribution in [0, 0.1) is 4.77 Å². The first kappa shape index (κ1) is 17.7. The summed E-state index contributed by atoms with van der Waals surface area (Å²) in [5.74, 6) is 0.698. The van der Waals surface area contributed by atoms with E-state index in [-0.39, 0.29) is 5.75 Å². The summed E-state index contributed by atoms with van der Waals surface area (Å²) in [6, 6.07) is 12.0. The van der Waals surface area contributed by atoms with E-state index in [2.05, 4.69) is 15.3 Å². The summed E-state index contributed by atoms with van der Waals surface area (Å²) >= 11 is 17.6. The first-order chi connectivity index (χ1) is 12.0. The van der Waals surface area contributed by atoms with Crippen molar-refractivity contribution in [2.45, 2.75) is 13.3 Å². The number of hydrogen-bond acceptors (Lipinski definition) is 4. The van der Waals surface area contributed by atoms with Gasteiger partial charge in [-0.25, -0.2) is 5.10 Å². The molecule has 8 heteroatoms. The van der Waals surface area contributed by atoms with E-state index in [0.29, 0.717) is 32.6 Å². The van der Waals surface area contributed by atoms with Gasteiger partial charge in [0, 0.05) is 10.6 Å². The van der Waals surface area contributed by atoms with E-state index in [9.17, 15) is 5.11 Å². The minimum absolute atomic E-state index is 0.202. The number of phenols is 1. The molecule has 0 fully saturated rings. The fourth-order valence-corrected chi connectivity index (χ4v) is 3.00. The summed E-state index contributed by atoms with van der Waals surface area (Å²) in [6.45, 7) is 1.99. The van der Waals surface area contributed by atoms with Crippen LogP contribution in [0.1, 0.15) is 18.9 Å². The minimum Gasteiger partial charge on any atom is -0.508 e. The maximum Gasteiger partial charge on any atom is 0.216 e. The van der Waals surface area contributed by atoms with Crippen LogP contribution in [0.3, 0.4) is 0 Å². The molecule has 128 valence electrons. The van der Waals surface area contributed by atoms with E-state index in [1.165, 1.54) is 4.68 Å². The van der Waals surface area contributed by atoms with E-state index in [1.807, 2.05) is 6.92 Å². The third kappa shape index (κ3) is 3.76. The summed E-state index contributed by atoms with van der Waals surface area (Å²) < 4.78 is 1.89. The average molecular weight is 393 g/mol. The van der Waals surface area contributed by atoms with Gasteiger partial charge in [-0.2, -0.15) is 14.9 Å². The molecule has 0 saturated carbocycles. The summed E-state index contributed by atoms with van der Waals surface area (Å²) in [5, 5.41) is 22.1. The van der Waals surface area contributed by atoms with Crippen molar-refractivity contribution in [2.75, 3.05) is 0 Å². The highest BCUT2D eigenvalue weighted by atomic mass is 35.5. The summed E-state index contributed by atoms with van der Waals surface area (Å²) in [4.78, 5) is 0. The largest absolute Gasteiger partial charge is 0.508 e. The van der Waals surface area contributed by atoms with Crippen molar-refractivity contribution in [1.29, 1.82) is 0 Å². The number of benzene rings is 2. The molecular formula is C17H14Cl2N4OS. The lowest BCUT2D eigenvalue weighted by molar-refractivity contribution is 0.475. The van der Waals surface area contributed by atoms with Crippen LogP contribution in [0.25, 0.3) is 11.4 Å². The normalized spacial score (nSPS) is 11.7. The first-order valence-electron chi connectivity index (χ1n) is 7.49. The number of H-pyrrole nitrogens is 1. The van der Waals surface area contributed by atoms with Gasteiger partial charge in [-0.3, -0.25) is 0 Å². The molecule has 25 heavy (non-hydrogen) atoms. The third-order valence-electron chi connectivity index (χ3n) is 3.58. The Morgan fingerprint density at radius 1 is 1.24 bits per heavy atom. The Morgan fingerprint density at radius 2 is 1.96 bits per heavy atom. The van der Waals surface area contributed by atoms with Crippen molar-refractivity contribution in [2.24, 2.45) is 5.10 Å². The fourth-order valence-electron chi connectivity index (χ4n) is 2.34. The van der Waals surface area contributed by atoms with Gasteiger partial charge < -0.3 is 5.11 Å². The molecule has 0 atom stereocenters. The van der Waals surface area contributed by atoms with E-state index < -0.39 is 0 Å². The molecule has 3 aromatic rings. The lowest BCUT2D eigenvalue weighted by Gasteiger charge is -2.08. The van der Waals surface area contributed by atoms with Gasteiger partial charge in [0.15, 0.2) is 5.82 Å². The van der Waals surface area contributed by atoms with Crippen molar-refractivity contribution in [3.8, 4) is 17.1 Å². The number of nitrogens with one attached hydrogen (secondary N) is 1. The number of aromatic amines is 1. The second kappa shape index (κ2) is 7.39. The Labute approximate surface area is 159 Å². The molecule has 5 nitrogen and oxygen atoms in total. The Morgan fingerprint density at radius 3 is 2.60 bits per heavy atom. The highest BCUT2D eigenvalue weighted by Gasteiger charge is 2.13. The highest BCUT2D eigenvalue weighted by molar-refractivity contribution is 7.71. The molecule has 2 aromatic carbocycles. The molecule has 1 heterocycles. The van der Waals surface area contributed by atoms with Crippen LogP contribution in [0.15, 0.2) is 47.6 Å². The van der Waals surface area contributed by atoms with Gasteiger partial charge in [-0.1, -0.05) is 30.1 Å². The van der Waals surface area contributed by atoms with Gasteiger partial charge in [-0.05, 0) is 66.7 Å². The molecule has 0 aliphatic rings. The van der Waals surface area contributed by atoms with Crippen LogP contribution in [0.5, 0.6) is 5.75 Å². The number of aromatic nitrogens is 3. The second-order valence-corrected chi connectivity index (χ2v) is 6.47. The molecule has 0 radical (unpaired) electrons. The molecule has 0 amide bonds. The van der Waals surface area contributed by atoms with Crippen molar-refractivity contribution in [3.05, 3.63) is 62.8 Å². The van der Waals surface area contributed by atoms with E-state index in [4.69, 9.17) is 35.4 Å². The van der Waals surface area contributed by atoms with Gasteiger partial charge >= 0.3 is 0 Å². The average Bonchev–Trinajstić information content (AvgIpc) is 2.94. The summed E-state index contributed by atoms with van der Waals surface area (Å²) in [7, 11) is 0. The second-order valence-electron chi connectivity index (χ2n) is 5.24. The Bertz CT molecular complexity index is 993. The molecule has 0 aliphatic heterocycles. The molecule has 2 N–H and O–H groups in total. The van der Waals surface area contributed by atoms with E-state index in [1.54, 1.807) is 42.5 Å². The highest BCUT2D eigenvalue weighted by Crippen LogP contribution is 2.29. The van der Waals surface area contributed by atoms with Crippen molar-refractivity contribution < 1.29 is 5.11 Å². The Kier molecular flexibility index (Phi) is 5.22. The van der Waals surface area contributed by atoms with Gasteiger partial charge in [-0.15, -0.1) is 0 Å². The number of rotatable bonds is 4. The van der Waals surface area contributed by atoms with Crippen LogP contribution >= 0.6 is 35.4 Å². The molecule has 0 saturated heterocycles. The van der Waals surface area contributed by atoms with Crippen LogP contribution < -0.4 is 0 Å². The number of phenolic OH excluding ortho intramolecular Hbond substituents is 1. The Hall–Kier alpha value is -2.15. The zero-order chi connectivity index (χ0) is 18.0. The molecule has 0 unspecified atom stereocenters. The van der Waals surface area contributed by atoms with Crippen LogP contribution in [-0.4, -0.2) is 25.7 Å². The van der Waals surface area contributed by atoms with Crippen LogP contribution in [0.2, 0.25) is 10.0 Å². The van der Waals surface area contributed by atoms with Crippen LogP contribution in [-0.2, 0) is 0 Å². The van der Waals surface area contributed by atoms with Crippen molar-refractivity contribution in [3.63, 3.8) is 0 Å². The summed E-state index contributed by atoms with van der Waals surface area (Å²) in [5.41, 5.74) is 2.35. The molecule has 1 aromatic heterocycles. The van der Waals surface area contributed by atoms with Gasteiger partial charge in [0.05, 0.1) is 10.7 Å². The number of halogens is 2. The van der Waals surface area contributed by atoms with Crippen molar-refractivity contribution in [1.82, 2.24) is 14.9 Å². The molecule has 0 aliphatic carbocycles. The molecule has 3 rings (SSSR count). The summed E-state index contributed by atoms with van der Waals surface area (Å²) in [6.07, 6.45) is 0.672. The molecule has 0 bridgehead atoms. The monoisotopic (exact) mass is 392 g/mol. The topological polar surface area (TPSA) is 66.2 Å². The van der Waals surface area contributed by atoms with Gasteiger partial charge in [0.25, 0.3) is 0 Å².